The van der Waals surface area contributed by atoms with Crippen molar-refractivity contribution in [3.63, 3.8) is 0 Å². The van der Waals surface area contributed by atoms with Gasteiger partial charge >= 0.3 is 5.97 Å². The number of amides is 1. The molecular formula is C18H26N2O3. The van der Waals surface area contributed by atoms with Crippen molar-refractivity contribution >= 4 is 11.9 Å². The summed E-state index contributed by atoms with van der Waals surface area (Å²) in [7, 11) is 0. The molecule has 2 rings (SSSR count). The van der Waals surface area contributed by atoms with Gasteiger partial charge in [-0.25, -0.2) is 0 Å². The third-order valence-electron chi connectivity index (χ3n) is 4.76. The van der Waals surface area contributed by atoms with E-state index in [1.54, 1.807) is 13.1 Å². The largest absolute Gasteiger partial charge is 0.481 e. The zero-order valence-electron chi connectivity index (χ0n) is 14.1. The van der Waals surface area contributed by atoms with E-state index < -0.39 is 17.8 Å². The van der Waals surface area contributed by atoms with E-state index in [1.165, 1.54) is 0 Å². The van der Waals surface area contributed by atoms with Crippen molar-refractivity contribution in [3.8, 4) is 0 Å². The van der Waals surface area contributed by atoms with Crippen LogP contribution in [0, 0.1) is 17.8 Å². The second-order valence-corrected chi connectivity index (χ2v) is 6.75. The van der Waals surface area contributed by atoms with Gasteiger partial charge in [-0.15, -0.1) is 0 Å². The van der Waals surface area contributed by atoms with Crippen LogP contribution in [0.2, 0.25) is 0 Å². The van der Waals surface area contributed by atoms with Crippen molar-refractivity contribution in [2.75, 3.05) is 6.54 Å². The molecule has 2 heterocycles. The number of hydrogen-bond acceptors (Lipinski definition) is 3. The summed E-state index contributed by atoms with van der Waals surface area (Å²) in [4.78, 5) is 30.5. The highest BCUT2D eigenvalue weighted by Crippen LogP contribution is 2.28. The standard InChI is InChI=1S/C18H26N2O3/c1-12(2)16(18(22)23)13(3)17(21)20-10-6-8-15(20)11-14-7-4-5-9-19-14/h4-5,7,9,12-13,15-16H,6,8,10-11H2,1-3H3,(H,22,23)/t13-,15-,16+/m1/s1. The first-order valence-electron chi connectivity index (χ1n) is 8.35. The van der Waals surface area contributed by atoms with Crippen LogP contribution in [0.15, 0.2) is 24.4 Å². The van der Waals surface area contributed by atoms with Crippen LogP contribution in [0.1, 0.15) is 39.3 Å². The predicted octanol–water partition coefficient (Wildman–Crippen LogP) is 2.61. The van der Waals surface area contributed by atoms with Gasteiger partial charge in [-0.05, 0) is 30.9 Å². The second-order valence-electron chi connectivity index (χ2n) is 6.75. The van der Waals surface area contributed by atoms with Crippen LogP contribution in [0.3, 0.4) is 0 Å². The summed E-state index contributed by atoms with van der Waals surface area (Å²) in [6.45, 7) is 6.18. The Morgan fingerprint density at radius 1 is 1.35 bits per heavy atom. The van der Waals surface area contributed by atoms with Crippen LogP contribution in [0.4, 0.5) is 0 Å². The smallest absolute Gasteiger partial charge is 0.307 e. The Hall–Kier alpha value is -1.91. The topological polar surface area (TPSA) is 70.5 Å². The Balaban J connectivity index is 2.09. The van der Waals surface area contributed by atoms with Crippen LogP contribution in [-0.2, 0) is 16.0 Å². The lowest BCUT2D eigenvalue weighted by molar-refractivity contribution is -0.152. The van der Waals surface area contributed by atoms with Gasteiger partial charge in [0.2, 0.25) is 5.91 Å². The summed E-state index contributed by atoms with van der Waals surface area (Å²) in [5.74, 6) is -2.13. The number of carboxylic acid groups (broad SMARTS) is 1. The zero-order valence-corrected chi connectivity index (χ0v) is 14.1. The van der Waals surface area contributed by atoms with Gasteiger partial charge in [-0.1, -0.05) is 26.8 Å². The molecule has 0 aliphatic carbocycles. The van der Waals surface area contributed by atoms with E-state index in [1.807, 2.05) is 36.9 Å². The molecule has 1 N–H and O–H groups in total. The van der Waals surface area contributed by atoms with Gasteiger partial charge < -0.3 is 10.0 Å². The molecule has 0 spiro atoms. The molecule has 1 fully saturated rings. The minimum atomic E-state index is -0.888. The van der Waals surface area contributed by atoms with E-state index >= 15 is 0 Å². The number of aliphatic carboxylic acids is 1. The molecule has 126 valence electrons. The van der Waals surface area contributed by atoms with Gasteiger partial charge in [0.25, 0.3) is 0 Å². The van der Waals surface area contributed by atoms with Crippen LogP contribution in [-0.4, -0.2) is 39.5 Å². The fourth-order valence-corrected chi connectivity index (χ4v) is 3.59. The average molecular weight is 318 g/mol. The van der Waals surface area contributed by atoms with Gasteiger partial charge in [0.15, 0.2) is 0 Å². The molecule has 0 aromatic carbocycles. The van der Waals surface area contributed by atoms with E-state index in [0.29, 0.717) is 6.54 Å². The van der Waals surface area contributed by atoms with Crippen molar-refractivity contribution in [1.82, 2.24) is 9.88 Å². The number of likely N-dealkylation sites (tertiary alicyclic amines) is 1. The summed E-state index contributed by atoms with van der Waals surface area (Å²) < 4.78 is 0. The van der Waals surface area contributed by atoms with Gasteiger partial charge in [0.1, 0.15) is 0 Å². The Morgan fingerprint density at radius 3 is 2.65 bits per heavy atom. The number of aromatic nitrogens is 1. The van der Waals surface area contributed by atoms with Crippen LogP contribution < -0.4 is 0 Å². The third kappa shape index (κ3) is 4.09. The predicted molar refractivity (Wildman–Crippen MR) is 87.8 cm³/mol. The van der Waals surface area contributed by atoms with Crippen LogP contribution >= 0.6 is 0 Å². The van der Waals surface area contributed by atoms with Crippen molar-refractivity contribution in [2.45, 2.75) is 46.1 Å². The Morgan fingerprint density at radius 2 is 2.09 bits per heavy atom. The quantitative estimate of drug-likeness (QED) is 0.875. The number of carbonyl (C=O) groups excluding carboxylic acids is 1. The number of pyridine rings is 1. The highest BCUT2D eigenvalue weighted by Gasteiger charge is 2.38. The fourth-order valence-electron chi connectivity index (χ4n) is 3.59. The number of hydrogen-bond donors (Lipinski definition) is 1. The molecule has 1 aromatic rings. The van der Waals surface area contributed by atoms with E-state index in [-0.39, 0.29) is 17.9 Å². The molecule has 3 atom stereocenters. The summed E-state index contributed by atoms with van der Waals surface area (Å²) in [6.07, 6.45) is 4.42. The highest BCUT2D eigenvalue weighted by atomic mass is 16.4. The number of rotatable bonds is 6. The number of carboxylic acids is 1. The minimum Gasteiger partial charge on any atom is -0.481 e. The summed E-state index contributed by atoms with van der Waals surface area (Å²) in [5, 5.41) is 9.43. The van der Waals surface area contributed by atoms with Crippen molar-refractivity contribution in [3.05, 3.63) is 30.1 Å². The Bertz CT molecular complexity index is 544. The SMILES string of the molecule is CC(C)[C@H](C(=O)O)[C@@H](C)C(=O)N1CCC[C@@H]1Cc1ccccn1. The molecule has 0 bridgehead atoms. The third-order valence-corrected chi connectivity index (χ3v) is 4.76. The van der Waals surface area contributed by atoms with E-state index in [4.69, 9.17) is 0 Å². The van der Waals surface area contributed by atoms with Crippen molar-refractivity contribution < 1.29 is 14.7 Å². The molecule has 5 nitrogen and oxygen atoms in total. The molecule has 1 amide bonds. The van der Waals surface area contributed by atoms with Gasteiger partial charge in [-0.2, -0.15) is 0 Å². The average Bonchev–Trinajstić information content (AvgIpc) is 2.94. The zero-order chi connectivity index (χ0) is 17.0. The van der Waals surface area contributed by atoms with Crippen LogP contribution in [0.5, 0.6) is 0 Å². The summed E-state index contributed by atoms with van der Waals surface area (Å²) >= 11 is 0. The van der Waals surface area contributed by atoms with Crippen molar-refractivity contribution in [1.29, 1.82) is 0 Å². The van der Waals surface area contributed by atoms with Crippen LogP contribution in [0.25, 0.3) is 0 Å². The van der Waals surface area contributed by atoms with Gasteiger partial charge in [0.05, 0.1) is 5.92 Å². The molecule has 5 heteroatoms. The first kappa shape index (κ1) is 17.4. The fraction of sp³-hybridized carbons (Fsp3) is 0.611. The molecule has 1 aliphatic heterocycles. The summed E-state index contributed by atoms with van der Waals surface area (Å²) in [5.41, 5.74) is 0.975. The summed E-state index contributed by atoms with van der Waals surface area (Å²) in [6, 6.07) is 5.93. The molecule has 0 unspecified atom stereocenters. The Kier molecular flexibility index (Phi) is 5.74. The van der Waals surface area contributed by atoms with E-state index in [2.05, 4.69) is 4.98 Å². The normalized spacial score (nSPS) is 20.5. The maximum absolute atomic E-state index is 12.8. The maximum atomic E-state index is 12.8. The maximum Gasteiger partial charge on any atom is 0.307 e. The highest BCUT2D eigenvalue weighted by molar-refractivity contribution is 5.85. The molecule has 0 saturated carbocycles. The monoisotopic (exact) mass is 318 g/mol. The molecule has 0 radical (unpaired) electrons. The molecule has 1 aliphatic rings. The number of carbonyl (C=O) groups is 2. The van der Waals surface area contributed by atoms with E-state index in [9.17, 15) is 14.7 Å². The minimum absolute atomic E-state index is 0.0375. The lowest BCUT2D eigenvalue weighted by Gasteiger charge is -2.31. The number of nitrogens with zero attached hydrogens (tertiary/aromatic N) is 2. The Labute approximate surface area is 137 Å². The first-order chi connectivity index (χ1) is 10.9. The lowest BCUT2D eigenvalue weighted by Crippen LogP contribution is -2.44. The molecule has 1 saturated heterocycles. The van der Waals surface area contributed by atoms with E-state index in [0.717, 1.165) is 25.0 Å². The molecule has 1 aromatic heterocycles. The first-order valence-corrected chi connectivity index (χ1v) is 8.35. The second kappa shape index (κ2) is 7.57. The van der Waals surface area contributed by atoms with Gasteiger partial charge in [0, 0.05) is 36.8 Å². The van der Waals surface area contributed by atoms with Crippen molar-refractivity contribution in [2.24, 2.45) is 17.8 Å². The lowest BCUT2D eigenvalue weighted by atomic mass is 9.83. The molecular weight excluding hydrogens is 292 g/mol. The molecule has 23 heavy (non-hydrogen) atoms. The van der Waals surface area contributed by atoms with Gasteiger partial charge in [-0.3, -0.25) is 14.6 Å².